The number of para-hydroxylation sites is 2. The van der Waals surface area contributed by atoms with Gasteiger partial charge in [0.1, 0.15) is 24.7 Å². The van der Waals surface area contributed by atoms with Crippen LogP contribution in [0.3, 0.4) is 0 Å². The van der Waals surface area contributed by atoms with Crippen LogP contribution in [-0.2, 0) is 22.3 Å². The Balaban J connectivity index is 1.79. The molecule has 2 aromatic carbocycles. The highest BCUT2D eigenvalue weighted by atomic mass is 16.5. The van der Waals surface area contributed by atoms with Crippen LogP contribution in [0.5, 0.6) is 11.5 Å². The number of fused-ring (bicyclic) bond motifs is 2. The number of rotatable bonds is 3. The first-order valence-electron chi connectivity index (χ1n) is 10.4. The zero-order valence-corrected chi connectivity index (χ0v) is 17.3. The lowest BCUT2D eigenvalue weighted by Crippen LogP contribution is -2.31. The molecule has 0 atom stereocenters. The van der Waals surface area contributed by atoms with E-state index in [1.54, 1.807) is 0 Å². The molecule has 1 N–H and O–H groups in total. The Labute approximate surface area is 173 Å². The molecule has 1 aliphatic rings. The van der Waals surface area contributed by atoms with Crippen molar-refractivity contribution in [3.05, 3.63) is 59.7 Å². The van der Waals surface area contributed by atoms with E-state index < -0.39 is 0 Å². The van der Waals surface area contributed by atoms with E-state index in [0.29, 0.717) is 33.0 Å². The molecule has 5 nitrogen and oxygen atoms in total. The third-order valence-corrected chi connectivity index (χ3v) is 5.30. The zero-order valence-electron chi connectivity index (χ0n) is 17.3. The normalized spacial score (nSPS) is 18.0. The number of hydrogen-bond acceptors (Lipinski definition) is 5. The van der Waals surface area contributed by atoms with Crippen LogP contribution >= 0.6 is 0 Å². The van der Waals surface area contributed by atoms with E-state index in [1.165, 1.54) is 11.1 Å². The van der Waals surface area contributed by atoms with Gasteiger partial charge < -0.3 is 24.1 Å². The van der Waals surface area contributed by atoms with Gasteiger partial charge in [-0.1, -0.05) is 36.4 Å². The van der Waals surface area contributed by atoms with Gasteiger partial charge in [0, 0.05) is 0 Å². The predicted octanol–water partition coefficient (Wildman–Crippen LogP) is 3.81. The van der Waals surface area contributed by atoms with Crippen LogP contribution in [0.25, 0.3) is 0 Å². The van der Waals surface area contributed by atoms with Crippen LogP contribution in [0.15, 0.2) is 48.5 Å². The van der Waals surface area contributed by atoms with Gasteiger partial charge in [-0.3, -0.25) is 0 Å². The van der Waals surface area contributed by atoms with E-state index >= 15 is 0 Å². The van der Waals surface area contributed by atoms with E-state index in [-0.39, 0.29) is 12.2 Å². The molecule has 0 aliphatic carbocycles. The van der Waals surface area contributed by atoms with Crippen molar-refractivity contribution in [1.82, 2.24) is 0 Å². The molecular formula is C24H32O5. The average molecular weight is 401 g/mol. The molecule has 0 bridgehead atoms. The third-order valence-electron chi connectivity index (χ3n) is 5.30. The highest BCUT2D eigenvalue weighted by Gasteiger charge is 2.26. The minimum Gasteiger partial charge on any atom is -0.491 e. The van der Waals surface area contributed by atoms with Crippen molar-refractivity contribution in [2.24, 2.45) is 0 Å². The SMILES string of the molecule is CC1(OCCO)CCc2ccccc2OCCOCCOc2ccccc2CC1. The second kappa shape index (κ2) is 11.2. The van der Waals surface area contributed by atoms with Crippen LogP contribution in [0, 0.1) is 0 Å². The minimum absolute atomic E-state index is 0.0228. The van der Waals surface area contributed by atoms with Crippen molar-refractivity contribution in [3.63, 3.8) is 0 Å². The monoisotopic (exact) mass is 400 g/mol. The zero-order chi connectivity index (χ0) is 20.4. The van der Waals surface area contributed by atoms with Crippen molar-refractivity contribution >= 4 is 0 Å². The first kappa shape index (κ1) is 21.6. The summed E-state index contributed by atoms with van der Waals surface area (Å²) in [7, 11) is 0. The second-order valence-corrected chi connectivity index (χ2v) is 7.55. The lowest BCUT2D eigenvalue weighted by molar-refractivity contribution is -0.0559. The van der Waals surface area contributed by atoms with Crippen LogP contribution in [-0.4, -0.2) is 50.3 Å². The van der Waals surface area contributed by atoms with Crippen LogP contribution in [0.4, 0.5) is 0 Å². The summed E-state index contributed by atoms with van der Waals surface area (Å²) in [6.45, 7) is 4.55. The summed E-state index contributed by atoms with van der Waals surface area (Å²) in [5.74, 6) is 1.79. The van der Waals surface area contributed by atoms with E-state index in [9.17, 15) is 5.11 Å². The quantitative estimate of drug-likeness (QED) is 0.849. The van der Waals surface area contributed by atoms with Gasteiger partial charge in [-0.25, -0.2) is 0 Å². The van der Waals surface area contributed by atoms with Gasteiger partial charge in [-0.2, -0.15) is 0 Å². The van der Waals surface area contributed by atoms with E-state index in [1.807, 2.05) is 36.4 Å². The van der Waals surface area contributed by atoms with Gasteiger partial charge >= 0.3 is 0 Å². The van der Waals surface area contributed by atoms with Crippen molar-refractivity contribution in [1.29, 1.82) is 0 Å². The molecule has 158 valence electrons. The van der Waals surface area contributed by atoms with E-state index in [2.05, 4.69) is 19.1 Å². The third kappa shape index (κ3) is 6.74. The van der Waals surface area contributed by atoms with Gasteiger partial charge in [0.2, 0.25) is 0 Å². The molecule has 0 saturated carbocycles. The van der Waals surface area contributed by atoms with Gasteiger partial charge in [0.15, 0.2) is 0 Å². The molecular weight excluding hydrogens is 368 g/mol. The van der Waals surface area contributed by atoms with E-state index in [4.69, 9.17) is 18.9 Å². The second-order valence-electron chi connectivity index (χ2n) is 7.55. The maximum Gasteiger partial charge on any atom is 0.122 e. The Morgan fingerprint density at radius 2 is 1.34 bits per heavy atom. The van der Waals surface area contributed by atoms with Gasteiger partial charge in [0.05, 0.1) is 32.0 Å². The molecule has 0 aromatic heterocycles. The van der Waals surface area contributed by atoms with Crippen LogP contribution < -0.4 is 9.47 Å². The number of aliphatic hydroxyl groups is 1. The number of aryl methyl sites for hydroxylation is 2. The topological polar surface area (TPSA) is 57.2 Å². The highest BCUT2D eigenvalue weighted by Crippen LogP contribution is 2.30. The molecule has 0 saturated heterocycles. The molecule has 1 heterocycles. The predicted molar refractivity (Wildman–Crippen MR) is 113 cm³/mol. The average Bonchev–Trinajstić information content (AvgIpc) is 2.75. The summed E-state index contributed by atoms with van der Waals surface area (Å²) in [4.78, 5) is 0. The standard InChI is InChI=1S/C24H32O5/c1-24(29-15-14-25)12-10-20-6-2-4-8-22(20)27-18-16-26-17-19-28-23-9-5-3-7-21(23)11-13-24/h2-9,25H,10-19H2,1H3. The molecule has 5 heteroatoms. The molecule has 0 radical (unpaired) electrons. The molecule has 0 spiro atoms. The maximum atomic E-state index is 9.29. The first-order chi connectivity index (χ1) is 14.2. The van der Waals surface area contributed by atoms with Gasteiger partial charge in [0.25, 0.3) is 0 Å². The van der Waals surface area contributed by atoms with Crippen molar-refractivity contribution < 1.29 is 24.1 Å². The number of aliphatic hydroxyl groups excluding tert-OH is 1. The number of hydrogen-bond donors (Lipinski definition) is 1. The largest absolute Gasteiger partial charge is 0.491 e. The number of benzene rings is 2. The molecule has 29 heavy (non-hydrogen) atoms. The Morgan fingerprint density at radius 1 is 0.828 bits per heavy atom. The Kier molecular flexibility index (Phi) is 8.35. The van der Waals surface area contributed by atoms with E-state index in [0.717, 1.165) is 37.2 Å². The first-order valence-corrected chi connectivity index (χ1v) is 10.4. The van der Waals surface area contributed by atoms with Crippen molar-refractivity contribution in [3.8, 4) is 11.5 Å². The summed E-state index contributed by atoms with van der Waals surface area (Å²) in [6, 6.07) is 16.3. The number of ether oxygens (including phenoxy) is 4. The smallest absolute Gasteiger partial charge is 0.122 e. The lowest BCUT2D eigenvalue weighted by atomic mass is 9.89. The highest BCUT2D eigenvalue weighted by molar-refractivity contribution is 5.34. The van der Waals surface area contributed by atoms with Gasteiger partial charge in [-0.15, -0.1) is 0 Å². The summed E-state index contributed by atoms with van der Waals surface area (Å²) in [6.07, 6.45) is 3.37. The maximum absolute atomic E-state index is 9.29. The summed E-state index contributed by atoms with van der Waals surface area (Å²) in [5, 5.41) is 9.29. The molecule has 3 rings (SSSR count). The molecule has 2 aromatic rings. The Morgan fingerprint density at radius 3 is 1.86 bits per heavy atom. The Bertz CT molecular complexity index is 690. The van der Waals surface area contributed by atoms with Crippen molar-refractivity contribution in [2.75, 3.05) is 39.6 Å². The van der Waals surface area contributed by atoms with Crippen LogP contribution in [0.2, 0.25) is 0 Å². The summed E-state index contributed by atoms with van der Waals surface area (Å²) >= 11 is 0. The van der Waals surface area contributed by atoms with Crippen molar-refractivity contribution in [2.45, 2.75) is 38.2 Å². The van der Waals surface area contributed by atoms with Crippen LogP contribution in [0.1, 0.15) is 30.9 Å². The van der Waals surface area contributed by atoms with Gasteiger partial charge in [-0.05, 0) is 55.9 Å². The fourth-order valence-electron chi connectivity index (χ4n) is 3.59. The summed E-state index contributed by atoms with van der Waals surface area (Å²) in [5.41, 5.74) is 1.99. The molecule has 0 unspecified atom stereocenters. The minimum atomic E-state index is -0.344. The molecule has 0 amide bonds. The molecule has 1 aliphatic heterocycles. The molecule has 0 fully saturated rings. The summed E-state index contributed by atoms with van der Waals surface area (Å²) < 4.78 is 23.6. The fourth-order valence-corrected chi connectivity index (χ4v) is 3.59. The lowest BCUT2D eigenvalue weighted by Gasteiger charge is -2.31. The Hall–Kier alpha value is -2.08. The fraction of sp³-hybridized carbons (Fsp3) is 0.500.